The van der Waals surface area contributed by atoms with Crippen LogP contribution in [0.5, 0.6) is 5.75 Å². The van der Waals surface area contributed by atoms with Crippen LogP contribution in [-0.4, -0.2) is 92.9 Å². The van der Waals surface area contributed by atoms with Crippen LogP contribution >= 0.6 is 0 Å². The SMILES string of the molecule is Cc1ccc(S(=O)(=O)Nc2ccc3c(c2)C(=O)N([C@H](C)CO)C[C@H](C)[C@H](CN(C)C(=O)NC2CCCCC2)OCCCC[C@H](C)O3)cc1. The summed E-state index contributed by atoms with van der Waals surface area (Å²) in [4.78, 5) is 30.9. The molecule has 0 unspecified atom stereocenters. The van der Waals surface area contributed by atoms with E-state index < -0.39 is 22.0 Å². The predicted octanol–water partition coefficient (Wildman–Crippen LogP) is 5.57. The number of aryl methyl sites for hydroxylation is 1. The molecule has 1 fully saturated rings. The van der Waals surface area contributed by atoms with Crippen LogP contribution in [0.15, 0.2) is 47.4 Å². The van der Waals surface area contributed by atoms with Crippen LogP contribution in [0, 0.1) is 12.8 Å². The zero-order valence-corrected chi connectivity index (χ0v) is 29.9. The average molecular weight is 687 g/mol. The molecule has 3 N–H and O–H groups in total. The molecule has 1 heterocycles. The first-order chi connectivity index (χ1) is 22.9. The van der Waals surface area contributed by atoms with Crippen molar-refractivity contribution in [1.82, 2.24) is 15.1 Å². The molecule has 11 nitrogen and oxygen atoms in total. The van der Waals surface area contributed by atoms with Crippen molar-refractivity contribution >= 4 is 27.6 Å². The number of carbonyl (C=O) groups excluding carboxylic acids is 2. The second kappa shape index (κ2) is 17.3. The van der Waals surface area contributed by atoms with Gasteiger partial charge in [0.1, 0.15) is 5.75 Å². The van der Waals surface area contributed by atoms with Gasteiger partial charge >= 0.3 is 6.03 Å². The quantitative estimate of drug-likeness (QED) is 0.331. The third-order valence-corrected chi connectivity index (χ3v) is 10.8. The molecule has 1 aliphatic carbocycles. The molecule has 0 aromatic heterocycles. The van der Waals surface area contributed by atoms with E-state index in [2.05, 4.69) is 10.0 Å². The third-order valence-electron chi connectivity index (χ3n) is 9.37. The maximum Gasteiger partial charge on any atom is 0.317 e. The lowest BCUT2D eigenvalue weighted by atomic mass is 9.96. The summed E-state index contributed by atoms with van der Waals surface area (Å²) in [5, 5.41) is 13.4. The first-order valence-electron chi connectivity index (χ1n) is 17.3. The largest absolute Gasteiger partial charge is 0.490 e. The second-order valence-corrected chi connectivity index (χ2v) is 15.3. The van der Waals surface area contributed by atoms with Gasteiger partial charge in [0.25, 0.3) is 15.9 Å². The number of likely N-dealkylation sites (N-methyl/N-ethyl adjacent to an activating group) is 1. The number of hydrogen-bond acceptors (Lipinski definition) is 7. The highest BCUT2D eigenvalue weighted by Gasteiger charge is 2.31. The van der Waals surface area contributed by atoms with Crippen molar-refractivity contribution in [2.45, 2.75) is 108 Å². The minimum atomic E-state index is -3.92. The zero-order valence-electron chi connectivity index (χ0n) is 29.1. The van der Waals surface area contributed by atoms with Crippen LogP contribution in [0.25, 0.3) is 0 Å². The van der Waals surface area contributed by atoms with Crippen molar-refractivity contribution in [2.24, 2.45) is 5.92 Å². The summed E-state index contributed by atoms with van der Waals surface area (Å²) >= 11 is 0. The highest BCUT2D eigenvalue weighted by molar-refractivity contribution is 7.92. The number of rotatable bonds is 8. The van der Waals surface area contributed by atoms with E-state index >= 15 is 0 Å². The third kappa shape index (κ3) is 10.3. The number of nitrogens with zero attached hydrogens (tertiary/aromatic N) is 2. The van der Waals surface area contributed by atoms with Gasteiger partial charge in [-0.05, 0) is 83.2 Å². The molecule has 2 aromatic carbocycles. The van der Waals surface area contributed by atoms with Crippen molar-refractivity contribution in [2.75, 3.05) is 38.1 Å². The van der Waals surface area contributed by atoms with E-state index in [9.17, 15) is 23.1 Å². The number of carbonyl (C=O) groups is 2. The predicted molar refractivity (Wildman–Crippen MR) is 187 cm³/mol. The molecule has 2 aromatic rings. The molecule has 266 valence electrons. The van der Waals surface area contributed by atoms with Crippen molar-refractivity contribution in [3.8, 4) is 5.75 Å². The van der Waals surface area contributed by atoms with Gasteiger partial charge in [0, 0.05) is 44.4 Å². The van der Waals surface area contributed by atoms with Crippen LogP contribution in [0.1, 0.15) is 88.1 Å². The van der Waals surface area contributed by atoms with Crippen molar-refractivity contribution < 1.29 is 32.6 Å². The highest BCUT2D eigenvalue weighted by atomic mass is 32.2. The fourth-order valence-electron chi connectivity index (χ4n) is 6.26. The molecule has 1 aliphatic heterocycles. The highest BCUT2D eigenvalue weighted by Crippen LogP contribution is 2.30. The summed E-state index contributed by atoms with van der Waals surface area (Å²) in [5.41, 5.74) is 1.35. The summed E-state index contributed by atoms with van der Waals surface area (Å²) in [6.07, 6.45) is 7.21. The number of urea groups is 1. The van der Waals surface area contributed by atoms with Crippen LogP contribution in [0.3, 0.4) is 0 Å². The number of aliphatic hydroxyl groups is 1. The Labute approximate surface area is 286 Å². The number of ether oxygens (including phenoxy) is 2. The zero-order chi connectivity index (χ0) is 34.8. The molecular formula is C36H54N4O7S. The molecule has 3 amide bonds. The number of anilines is 1. The molecule has 12 heteroatoms. The smallest absolute Gasteiger partial charge is 0.317 e. The number of fused-ring (bicyclic) bond motifs is 1. The Morgan fingerprint density at radius 3 is 2.42 bits per heavy atom. The van der Waals surface area contributed by atoms with E-state index in [1.165, 1.54) is 24.6 Å². The van der Waals surface area contributed by atoms with Crippen LogP contribution in [0.2, 0.25) is 0 Å². The first-order valence-corrected chi connectivity index (χ1v) is 18.8. The Hall–Kier alpha value is -3.35. The van der Waals surface area contributed by atoms with Crippen LogP contribution in [-0.2, 0) is 14.8 Å². The van der Waals surface area contributed by atoms with Gasteiger partial charge in [-0.2, -0.15) is 0 Å². The van der Waals surface area contributed by atoms with Crippen molar-refractivity contribution in [3.63, 3.8) is 0 Å². The van der Waals surface area contributed by atoms with E-state index in [-0.39, 0.29) is 59.5 Å². The Bertz CT molecular complexity index is 1460. The van der Waals surface area contributed by atoms with Gasteiger partial charge in [0.2, 0.25) is 0 Å². The number of hydrogen-bond donors (Lipinski definition) is 3. The number of nitrogens with one attached hydrogen (secondary N) is 2. The standard InChI is InChI=1S/C36H54N4O7S/c1-25-14-17-31(18-15-25)48(44,45)38-30-16-19-33-32(21-30)35(42)40(27(3)24-41)22-26(2)34(46-20-10-9-11-28(4)47-33)23-39(5)36(43)37-29-12-7-6-8-13-29/h14-19,21,26-29,34,38,41H,6-13,20,22-24H2,1-5H3,(H,37,43)/t26-,27+,28-,34-/m0/s1. The maximum absolute atomic E-state index is 14.4. The molecule has 2 aliphatic rings. The van der Waals surface area contributed by atoms with Gasteiger partial charge < -0.3 is 29.7 Å². The van der Waals surface area contributed by atoms with Gasteiger partial charge in [-0.3, -0.25) is 9.52 Å². The molecule has 48 heavy (non-hydrogen) atoms. The summed E-state index contributed by atoms with van der Waals surface area (Å²) < 4.78 is 41.7. The summed E-state index contributed by atoms with van der Waals surface area (Å²) in [6.45, 7) is 8.37. The van der Waals surface area contributed by atoms with E-state index in [0.717, 1.165) is 50.5 Å². The molecule has 4 rings (SSSR count). The number of benzene rings is 2. The monoisotopic (exact) mass is 686 g/mol. The Morgan fingerprint density at radius 1 is 1.04 bits per heavy atom. The molecule has 0 saturated heterocycles. The maximum atomic E-state index is 14.4. The fourth-order valence-corrected chi connectivity index (χ4v) is 7.31. The first kappa shape index (κ1) is 37.5. The Morgan fingerprint density at radius 2 is 1.73 bits per heavy atom. The second-order valence-electron chi connectivity index (χ2n) is 13.6. The number of aliphatic hydroxyl groups excluding tert-OH is 1. The van der Waals surface area contributed by atoms with Gasteiger partial charge in [-0.25, -0.2) is 13.2 Å². The molecule has 1 saturated carbocycles. The summed E-state index contributed by atoms with van der Waals surface area (Å²) in [6, 6.07) is 10.7. The topological polar surface area (TPSA) is 138 Å². The minimum Gasteiger partial charge on any atom is -0.490 e. The van der Waals surface area contributed by atoms with Gasteiger partial charge in [0.15, 0.2) is 0 Å². The summed E-state index contributed by atoms with van der Waals surface area (Å²) in [5.74, 6) is -0.263. The van der Waals surface area contributed by atoms with E-state index in [0.29, 0.717) is 18.9 Å². The Kier molecular flexibility index (Phi) is 13.5. The molecule has 4 atom stereocenters. The van der Waals surface area contributed by atoms with E-state index in [1.807, 2.05) is 20.8 Å². The fraction of sp³-hybridized carbons (Fsp3) is 0.611. The van der Waals surface area contributed by atoms with Crippen LogP contribution in [0.4, 0.5) is 10.5 Å². The van der Waals surface area contributed by atoms with Crippen molar-refractivity contribution in [3.05, 3.63) is 53.6 Å². The van der Waals surface area contributed by atoms with E-state index in [4.69, 9.17) is 9.47 Å². The lowest BCUT2D eigenvalue weighted by molar-refractivity contribution is -0.0123. The number of sulfonamides is 1. The molecule has 0 spiro atoms. The van der Waals surface area contributed by atoms with E-state index in [1.54, 1.807) is 48.0 Å². The Balaban J connectivity index is 1.61. The van der Waals surface area contributed by atoms with Crippen LogP contribution < -0.4 is 14.8 Å². The van der Waals surface area contributed by atoms with Gasteiger partial charge in [-0.1, -0.05) is 43.9 Å². The van der Waals surface area contributed by atoms with Gasteiger partial charge in [-0.15, -0.1) is 0 Å². The molecular weight excluding hydrogens is 632 g/mol. The number of amides is 3. The van der Waals surface area contributed by atoms with Gasteiger partial charge in [0.05, 0.1) is 35.3 Å². The normalized spacial score (nSPS) is 22.5. The average Bonchev–Trinajstić information content (AvgIpc) is 3.06. The lowest BCUT2D eigenvalue weighted by Gasteiger charge is -2.36. The molecule has 0 bridgehead atoms. The molecule has 0 radical (unpaired) electrons. The minimum absolute atomic E-state index is 0.108. The van der Waals surface area contributed by atoms with Crippen molar-refractivity contribution in [1.29, 1.82) is 0 Å². The lowest BCUT2D eigenvalue weighted by Crippen LogP contribution is -2.50. The summed E-state index contributed by atoms with van der Waals surface area (Å²) in [7, 11) is -2.15.